The topological polar surface area (TPSA) is 6.48 Å². The van der Waals surface area contributed by atoms with Gasteiger partial charge in [-0.15, -0.1) is 0 Å². The maximum Gasteiger partial charge on any atom is 0.0748 e. The smallest absolute Gasteiger partial charge is 0.0748 e. The number of rotatable bonds is 9. The van der Waals surface area contributed by atoms with Crippen LogP contribution in [-0.4, -0.2) is 0 Å². The quantitative estimate of drug-likeness (QED) is 0.105. The fraction of sp³-hybridized carbons (Fsp3) is 0.0217. The van der Waals surface area contributed by atoms with Gasteiger partial charge in [-0.1, -0.05) is 303 Å². The van der Waals surface area contributed by atoms with E-state index >= 15 is 0 Å². The molecular formula is C92H60N2. The SMILES string of the molecule is c1ccc(N2c3ccccc3C(c3ccccc3)(c3ccccc3)c3c(-c4cccc5c(-c6cc7cccc8ccc9cccc6c9c87)c6cccc(-c7cccc8c7C(c7ccccc7)(c7ccccc7)c7ccccc7N8c7ccccc7)c6cc45)cccc32)cc1. The highest BCUT2D eigenvalue weighted by atomic mass is 15.2. The summed E-state index contributed by atoms with van der Waals surface area (Å²) in [4.78, 5) is 5.02. The van der Waals surface area contributed by atoms with Crippen molar-refractivity contribution < 1.29 is 0 Å². The summed E-state index contributed by atoms with van der Waals surface area (Å²) >= 11 is 0. The largest absolute Gasteiger partial charge is 0.310 e. The van der Waals surface area contributed by atoms with E-state index in [4.69, 9.17) is 0 Å². The van der Waals surface area contributed by atoms with Crippen LogP contribution in [0.5, 0.6) is 0 Å². The fourth-order valence-electron chi connectivity index (χ4n) is 17.1. The first-order chi connectivity index (χ1) is 46.7. The number of benzene rings is 17. The molecule has 19 rings (SSSR count). The van der Waals surface area contributed by atoms with Crippen molar-refractivity contribution in [1.82, 2.24) is 0 Å². The van der Waals surface area contributed by atoms with E-state index in [0.29, 0.717) is 0 Å². The lowest BCUT2D eigenvalue weighted by Crippen LogP contribution is -2.38. The average molecular weight is 1190 g/mol. The van der Waals surface area contributed by atoms with Gasteiger partial charge in [0.1, 0.15) is 0 Å². The number of anilines is 6. The summed E-state index contributed by atoms with van der Waals surface area (Å²) in [5.74, 6) is 0. The monoisotopic (exact) mass is 1190 g/mol. The number of hydrogen-bond donors (Lipinski definition) is 0. The van der Waals surface area contributed by atoms with Crippen molar-refractivity contribution in [2.75, 3.05) is 9.80 Å². The average Bonchev–Trinajstić information content (AvgIpc) is 0.696. The van der Waals surface area contributed by atoms with E-state index in [-0.39, 0.29) is 0 Å². The molecular weight excluding hydrogens is 1130 g/mol. The molecule has 0 unspecified atom stereocenters. The minimum Gasteiger partial charge on any atom is -0.310 e. The highest BCUT2D eigenvalue weighted by Gasteiger charge is 2.50. The van der Waals surface area contributed by atoms with E-state index in [1.165, 1.54) is 121 Å². The summed E-state index contributed by atoms with van der Waals surface area (Å²) in [5.41, 5.74) is 22.1. The van der Waals surface area contributed by atoms with E-state index in [1.807, 2.05) is 0 Å². The molecule has 0 spiro atoms. The Labute approximate surface area is 547 Å². The van der Waals surface area contributed by atoms with Crippen LogP contribution in [0.3, 0.4) is 0 Å². The summed E-state index contributed by atoms with van der Waals surface area (Å²) in [6, 6.07) is 137. The first-order valence-electron chi connectivity index (χ1n) is 32.7. The Kier molecular flexibility index (Phi) is 12.1. The van der Waals surface area contributed by atoms with E-state index in [0.717, 1.165) is 45.3 Å². The van der Waals surface area contributed by atoms with E-state index in [9.17, 15) is 0 Å². The third-order valence-electron chi connectivity index (χ3n) is 20.7. The molecule has 0 radical (unpaired) electrons. The van der Waals surface area contributed by atoms with Crippen LogP contribution in [-0.2, 0) is 10.8 Å². The molecule has 17 aromatic rings. The van der Waals surface area contributed by atoms with Gasteiger partial charge in [-0.25, -0.2) is 0 Å². The van der Waals surface area contributed by atoms with Crippen LogP contribution in [0.2, 0.25) is 0 Å². The van der Waals surface area contributed by atoms with Crippen LogP contribution >= 0.6 is 0 Å². The molecule has 0 amide bonds. The molecule has 2 heteroatoms. The van der Waals surface area contributed by atoms with Gasteiger partial charge in [0.25, 0.3) is 0 Å². The number of fused-ring (bicyclic) bond motifs is 6. The van der Waals surface area contributed by atoms with Crippen LogP contribution in [0.15, 0.2) is 364 Å². The molecule has 0 bridgehead atoms. The summed E-state index contributed by atoms with van der Waals surface area (Å²) in [6.45, 7) is 0. The molecule has 2 aliphatic heterocycles. The molecule has 0 N–H and O–H groups in total. The second kappa shape index (κ2) is 21.2. The summed E-state index contributed by atoms with van der Waals surface area (Å²) in [5, 5.41) is 12.3. The fourth-order valence-corrected chi connectivity index (χ4v) is 17.1. The minimum atomic E-state index is -0.768. The van der Waals surface area contributed by atoms with Crippen molar-refractivity contribution >= 4 is 88.0 Å². The molecule has 17 aromatic carbocycles. The van der Waals surface area contributed by atoms with E-state index < -0.39 is 10.8 Å². The van der Waals surface area contributed by atoms with Gasteiger partial charge in [-0.2, -0.15) is 0 Å². The van der Waals surface area contributed by atoms with Crippen molar-refractivity contribution in [3.05, 3.63) is 408 Å². The second-order valence-corrected chi connectivity index (χ2v) is 25.3. The molecule has 0 saturated carbocycles. The van der Waals surface area contributed by atoms with Crippen molar-refractivity contribution in [2.24, 2.45) is 0 Å². The zero-order valence-electron chi connectivity index (χ0n) is 51.5. The van der Waals surface area contributed by atoms with Crippen molar-refractivity contribution in [3.8, 4) is 33.4 Å². The van der Waals surface area contributed by atoms with Gasteiger partial charge in [-0.3, -0.25) is 0 Å². The minimum absolute atomic E-state index is 0.768. The van der Waals surface area contributed by atoms with Gasteiger partial charge in [0.15, 0.2) is 0 Å². The molecule has 0 aromatic heterocycles. The normalized spacial score (nSPS) is 13.7. The summed E-state index contributed by atoms with van der Waals surface area (Å²) < 4.78 is 0. The predicted molar refractivity (Wildman–Crippen MR) is 395 cm³/mol. The Morgan fingerprint density at radius 3 is 1.00 bits per heavy atom. The van der Waals surface area contributed by atoms with Crippen LogP contribution in [0.4, 0.5) is 34.1 Å². The lowest BCUT2D eigenvalue weighted by atomic mass is 9.60. The standard InChI is InChI=1S/C92H60N2/c1-7-32-64(33-8-1)91(65-34-9-2-10-35-65)80-51-19-21-53-82(80)93(68-40-15-5-16-41-68)84-55-27-49-75(89(84)91)70-44-25-47-72-77(70)60-78-71(45-26-48-73(78)88(72)79-59-63-31-23-29-61-57-58-62-30-24-46-74(79)87(62)86(61)63)76-50-28-56-85-90(76)92(66-36-11-3-12-37-66,67-38-13-4-14-39-67)81-52-20-22-54-83(81)94(85)69-42-17-6-18-43-69/h1-60H. The third-order valence-corrected chi connectivity index (χ3v) is 20.7. The Morgan fingerprint density at radius 1 is 0.202 bits per heavy atom. The first kappa shape index (κ1) is 53.7. The Morgan fingerprint density at radius 2 is 0.543 bits per heavy atom. The molecule has 94 heavy (non-hydrogen) atoms. The zero-order valence-corrected chi connectivity index (χ0v) is 51.5. The Balaban J connectivity index is 0.992. The van der Waals surface area contributed by atoms with Crippen LogP contribution in [0.1, 0.15) is 44.5 Å². The van der Waals surface area contributed by atoms with E-state index in [1.54, 1.807) is 0 Å². The molecule has 2 heterocycles. The van der Waals surface area contributed by atoms with Gasteiger partial charge in [0, 0.05) is 22.5 Å². The summed E-state index contributed by atoms with van der Waals surface area (Å²) in [6.07, 6.45) is 0. The molecule has 0 aliphatic carbocycles. The van der Waals surface area contributed by atoms with Crippen LogP contribution in [0, 0.1) is 0 Å². The number of para-hydroxylation sites is 4. The molecule has 0 atom stereocenters. The van der Waals surface area contributed by atoms with Gasteiger partial charge >= 0.3 is 0 Å². The molecule has 2 aliphatic rings. The second-order valence-electron chi connectivity index (χ2n) is 25.3. The van der Waals surface area contributed by atoms with Crippen molar-refractivity contribution in [1.29, 1.82) is 0 Å². The Hall–Kier alpha value is -12.1. The molecule has 438 valence electrons. The van der Waals surface area contributed by atoms with Crippen LogP contribution < -0.4 is 9.80 Å². The molecule has 0 fully saturated rings. The highest BCUT2D eigenvalue weighted by molar-refractivity contribution is 6.30. The molecule has 0 saturated heterocycles. The summed E-state index contributed by atoms with van der Waals surface area (Å²) in [7, 11) is 0. The van der Waals surface area contributed by atoms with Crippen molar-refractivity contribution in [3.63, 3.8) is 0 Å². The predicted octanol–water partition coefficient (Wildman–Crippen LogP) is 24.2. The zero-order chi connectivity index (χ0) is 61.9. The number of nitrogens with zero attached hydrogens (tertiary/aromatic N) is 2. The highest BCUT2D eigenvalue weighted by Crippen LogP contribution is 2.63. The van der Waals surface area contributed by atoms with Gasteiger partial charge in [0.2, 0.25) is 0 Å². The molecule has 2 nitrogen and oxygen atoms in total. The van der Waals surface area contributed by atoms with Gasteiger partial charge in [-0.05, 0) is 181 Å². The van der Waals surface area contributed by atoms with E-state index in [2.05, 4.69) is 374 Å². The van der Waals surface area contributed by atoms with Gasteiger partial charge in [0.05, 0.1) is 33.6 Å². The maximum absolute atomic E-state index is 2.58. The van der Waals surface area contributed by atoms with Crippen LogP contribution in [0.25, 0.3) is 87.2 Å². The number of hydrogen-bond acceptors (Lipinski definition) is 2. The lowest BCUT2D eigenvalue weighted by Gasteiger charge is -2.47. The Bertz CT molecular complexity index is 5420. The lowest BCUT2D eigenvalue weighted by molar-refractivity contribution is 0.733. The van der Waals surface area contributed by atoms with Crippen molar-refractivity contribution in [2.45, 2.75) is 10.8 Å². The van der Waals surface area contributed by atoms with Gasteiger partial charge < -0.3 is 9.80 Å². The maximum atomic E-state index is 2.58. The first-order valence-corrected chi connectivity index (χ1v) is 32.7. The third kappa shape index (κ3) is 7.66.